The Balaban J connectivity index is 3.44. The number of carbonyl (C=O) groups is 1. The van der Waals surface area contributed by atoms with Crippen LogP contribution in [-0.4, -0.2) is 11.2 Å². The standard InChI is InChI=1S/C7H3BrClNO3/c8-5-1-4(3-11)7(9)6(2-5)10(12)13/h1-3H. The molecule has 68 valence electrons. The quantitative estimate of drug-likeness (QED) is 0.469. The molecule has 0 radical (unpaired) electrons. The second-order valence-corrected chi connectivity index (χ2v) is 3.50. The van der Waals surface area contributed by atoms with Crippen molar-refractivity contribution >= 4 is 39.5 Å². The normalized spacial score (nSPS) is 9.69. The van der Waals surface area contributed by atoms with Crippen LogP contribution in [0.1, 0.15) is 10.4 Å². The molecule has 0 N–H and O–H groups in total. The van der Waals surface area contributed by atoms with Crippen molar-refractivity contribution in [2.24, 2.45) is 0 Å². The summed E-state index contributed by atoms with van der Waals surface area (Å²) in [5.74, 6) is 0. The molecule has 1 aromatic carbocycles. The molecule has 0 heterocycles. The number of hydrogen-bond donors (Lipinski definition) is 0. The van der Waals surface area contributed by atoms with E-state index in [0.717, 1.165) is 0 Å². The van der Waals surface area contributed by atoms with Gasteiger partial charge in [0, 0.05) is 16.1 Å². The van der Waals surface area contributed by atoms with Gasteiger partial charge in [-0.2, -0.15) is 0 Å². The molecule has 0 bridgehead atoms. The fraction of sp³-hybridized carbons (Fsp3) is 0. The highest BCUT2D eigenvalue weighted by Gasteiger charge is 2.16. The van der Waals surface area contributed by atoms with Gasteiger partial charge >= 0.3 is 0 Å². The van der Waals surface area contributed by atoms with Crippen LogP contribution in [0.25, 0.3) is 0 Å². The summed E-state index contributed by atoms with van der Waals surface area (Å²) >= 11 is 8.62. The zero-order valence-corrected chi connectivity index (χ0v) is 8.50. The van der Waals surface area contributed by atoms with Gasteiger partial charge in [-0.15, -0.1) is 0 Å². The predicted octanol–water partition coefficient (Wildman–Crippen LogP) is 2.82. The molecule has 0 spiro atoms. The number of halogens is 2. The molecule has 0 aromatic heterocycles. The molecule has 1 aromatic rings. The van der Waals surface area contributed by atoms with Gasteiger partial charge < -0.3 is 0 Å². The maximum atomic E-state index is 10.4. The van der Waals surface area contributed by atoms with E-state index in [4.69, 9.17) is 11.6 Å². The monoisotopic (exact) mass is 263 g/mol. The second kappa shape index (κ2) is 3.85. The minimum Gasteiger partial charge on any atom is -0.298 e. The third kappa shape index (κ3) is 2.05. The number of nitro benzene ring substituents is 1. The first-order chi connectivity index (χ1) is 6.06. The molecule has 0 aliphatic heterocycles. The Morgan fingerprint density at radius 1 is 1.54 bits per heavy atom. The van der Waals surface area contributed by atoms with E-state index >= 15 is 0 Å². The average molecular weight is 264 g/mol. The average Bonchev–Trinajstić information content (AvgIpc) is 2.08. The van der Waals surface area contributed by atoms with Gasteiger partial charge in [-0.25, -0.2) is 0 Å². The molecule has 0 aliphatic carbocycles. The smallest absolute Gasteiger partial charge is 0.289 e. The van der Waals surface area contributed by atoms with Gasteiger partial charge in [0.1, 0.15) is 5.02 Å². The van der Waals surface area contributed by atoms with Crippen LogP contribution in [0, 0.1) is 10.1 Å². The van der Waals surface area contributed by atoms with E-state index in [0.29, 0.717) is 10.8 Å². The van der Waals surface area contributed by atoms with Crippen LogP contribution < -0.4 is 0 Å². The van der Waals surface area contributed by atoms with E-state index < -0.39 is 4.92 Å². The molecule has 0 unspecified atom stereocenters. The van der Waals surface area contributed by atoms with E-state index in [2.05, 4.69) is 15.9 Å². The lowest BCUT2D eigenvalue weighted by Crippen LogP contribution is -1.92. The van der Waals surface area contributed by atoms with Crippen molar-refractivity contribution in [3.8, 4) is 0 Å². The largest absolute Gasteiger partial charge is 0.298 e. The summed E-state index contributed by atoms with van der Waals surface area (Å²) in [6.45, 7) is 0. The Hall–Kier alpha value is -0.940. The first-order valence-corrected chi connectivity index (χ1v) is 4.32. The first kappa shape index (κ1) is 10.1. The van der Waals surface area contributed by atoms with Crippen molar-refractivity contribution in [3.05, 3.63) is 37.3 Å². The second-order valence-electron chi connectivity index (χ2n) is 2.20. The summed E-state index contributed by atoms with van der Waals surface area (Å²) in [5.41, 5.74) is -0.180. The van der Waals surface area contributed by atoms with Crippen molar-refractivity contribution in [1.29, 1.82) is 0 Å². The lowest BCUT2D eigenvalue weighted by molar-refractivity contribution is -0.384. The van der Waals surface area contributed by atoms with Crippen molar-refractivity contribution in [2.75, 3.05) is 0 Å². The van der Waals surface area contributed by atoms with Crippen molar-refractivity contribution in [1.82, 2.24) is 0 Å². The van der Waals surface area contributed by atoms with Crippen LogP contribution in [-0.2, 0) is 0 Å². The Morgan fingerprint density at radius 3 is 2.62 bits per heavy atom. The summed E-state index contributed by atoms with van der Waals surface area (Å²) in [6.07, 6.45) is 0.472. The minimum absolute atomic E-state index is 0.0998. The van der Waals surface area contributed by atoms with Crippen LogP contribution in [0.3, 0.4) is 0 Å². The summed E-state index contributed by atoms with van der Waals surface area (Å²) < 4.78 is 0.450. The van der Waals surface area contributed by atoms with Crippen molar-refractivity contribution in [3.63, 3.8) is 0 Å². The number of hydrogen-bond acceptors (Lipinski definition) is 3. The van der Waals surface area contributed by atoms with Crippen LogP contribution >= 0.6 is 27.5 Å². The topological polar surface area (TPSA) is 60.2 Å². The molecule has 13 heavy (non-hydrogen) atoms. The van der Waals surface area contributed by atoms with Gasteiger partial charge in [-0.3, -0.25) is 14.9 Å². The van der Waals surface area contributed by atoms with E-state index in [9.17, 15) is 14.9 Å². The van der Waals surface area contributed by atoms with Crippen LogP contribution in [0.4, 0.5) is 5.69 Å². The SMILES string of the molecule is O=Cc1cc(Br)cc([N+](=O)[O-])c1Cl. The van der Waals surface area contributed by atoms with E-state index in [-0.39, 0.29) is 16.3 Å². The first-order valence-electron chi connectivity index (χ1n) is 3.15. The van der Waals surface area contributed by atoms with Crippen LogP contribution in [0.5, 0.6) is 0 Å². The maximum absolute atomic E-state index is 10.4. The van der Waals surface area contributed by atoms with Gasteiger partial charge in [0.15, 0.2) is 6.29 Å². The Bertz CT molecular complexity index is 380. The molecular weight excluding hydrogens is 261 g/mol. The summed E-state index contributed by atoms with van der Waals surface area (Å²) in [4.78, 5) is 20.2. The summed E-state index contributed by atoms with van der Waals surface area (Å²) in [5, 5.41) is 10.3. The minimum atomic E-state index is -0.639. The highest BCUT2D eigenvalue weighted by molar-refractivity contribution is 9.10. The van der Waals surface area contributed by atoms with E-state index in [1.807, 2.05) is 0 Å². The van der Waals surface area contributed by atoms with Gasteiger partial charge in [-0.05, 0) is 6.07 Å². The number of nitro groups is 1. The Kier molecular flexibility index (Phi) is 3.00. The number of nitrogens with zero attached hydrogens (tertiary/aromatic N) is 1. The molecular formula is C7H3BrClNO3. The summed E-state index contributed by atoms with van der Waals surface area (Å²) in [7, 11) is 0. The molecule has 0 saturated carbocycles. The third-order valence-electron chi connectivity index (χ3n) is 1.37. The van der Waals surface area contributed by atoms with Gasteiger partial charge in [-0.1, -0.05) is 27.5 Å². The molecule has 6 heteroatoms. The predicted molar refractivity (Wildman–Crippen MR) is 51.2 cm³/mol. The zero-order valence-electron chi connectivity index (χ0n) is 6.16. The van der Waals surface area contributed by atoms with Crippen molar-refractivity contribution < 1.29 is 9.72 Å². The van der Waals surface area contributed by atoms with Gasteiger partial charge in [0.2, 0.25) is 0 Å². The lowest BCUT2D eigenvalue weighted by Gasteiger charge is -1.98. The number of carbonyl (C=O) groups excluding carboxylic acids is 1. The highest BCUT2D eigenvalue weighted by atomic mass is 79.9. The molecule has 4 nitrogen and oxygen atoms in total. The Morgan fingerprint density at radius 2 is 2.15 bits per heavy atom. The van der Waals surface area contributed by atoms with Crippen molar-refractivity contribution in [2.45, 2.75) is 0 Å². The maximum Gasteiger partial charge on any atom is 0.289 e. The fourth-order valence-electron chi connectivity index (χ4n) is 0.814. The van der Waals surface area contributed by atoms with E-state index in [1.165, 1.54) is 12.1 Å². The molecule has 0 saturated heterocycles. The van der Waals surface area contributed by atoms with E-state index in [1.54, 1.807) is 0 Å². The molecule has 0 atom stereocenters. The number of aldehydes is 1. The fourth-order valence-corrected chi connectivity index (χ4v) is 1.50. The molecule has 0 aliphatic rings. The number of rotatable bonds is 2. The summed E-state index contributed by atoms with van der Waals surface area (Å²) in [6, 6.07) is 2.66. The van der Waals surface area contributed by atoms with Gasteiger partial charge in [0.05, 0.1) is 4.92 Å². The van der Waals surface area contributed by atoms with Gasteiger partial charge in [0.25, 0.3) is 5.69 Å². The molecule has 1 rings (SSSR count). The lowest BCUT2D eigenvalue weighted by atomic mass is 10.2. The molecule has 0 fully saturated rings. The van der Waals surface area contributed by atoms with Crippen LogP contribution in [0.15, 0.2) is 16.6 Å². The Labute approximate surface area is 86.8 Å². The third-order valence-corrected chi connectivity index (χ3v) is 2.24. The molecule has 0 amide bonds. The number of benzene rings is 1. The van der Waals surface area contributed by atoms with Crippen LogP contribution in [0.2, 0.25) is 5.02 Å². The highest BCUT2D eigenvalue weighted by Crippen LogP contribution is 2.30. The zero-order chi connectivity index (χ0) is 10.0.